The summed E-state index contributed by atoms with van der Waals surface area (Å²) in [5, 5.41) is 0. The molecule has 0 spiro atoms. The minimum atomic E-state index is -1.07. The van der Waals surface area contributed by atoms with Crippen molar-refractivity contribution in [3.8, 4) is 0 Å². The molecule has 0 N–H and O–H groups in total. The van der Waals surface area contributed by atoms with Crippen molar-refractivity contribution in [1.29, 1.82) is 0 Å². The maximum atomic E-state index is 13.4. The van der Waals surface area contributed by atoms with Crippen molar-refractivity contribution in [3.63, 3.8) is 0 Å². The van der Waals surface area contributed by atoms with Crippen LogP contribution in [0.4, 0.5) is 4.39 Å². The second-order valence-electron chi connectivity index (χ2n) is 4.01. The van der Waals surface area contributed by atoms with Gasteiger partial charge in [0, 0.05) is 0 Å². The molecule has 0 radical (unpaired) electrons. The SMILES string of the molecule is CCOC(=O)C(Cc1ccc(Br)c(F)c1)C(=O)OCC. The van der Waals surface area contributed by atoms with Crippen molar-refractivity contribution in [2.75, 3.05) is 13.2 Å². The topological polar surface area (TPSA) is 52.6 Å². The molecule has 0 heterocycles. The number of rotatable bonds is 6. The van der Waals surface area contributed by atoms with Crippen LogP contribution in [0.2, 0.25) is 0 Å². The molecule has 0 aliphatic carbocycles. The molecule has 6 heteroatoms. The molecule has 0 aliphatic heterocycles. The number of benzene rings is 1. The van der Waals surface area contributed by atoms with Crippen molar-refractivity contribution < 1.29 is 23.5 Å². The predicted octanol–water partition coefficient (Wildman–Crippen LogP) is 2.87. The summed E-state index contributed by atoms with van der Waals surface area (Å²) in [5.74, 6) is -2.84. The summed E-state index contributed by atoms with van der Waals surface area (Å²) in [6.07, 6.45) is 0.0435. The van der Waals surface area contributed by atoms with Gasteiger partial charge >= 0.3 is 11.9 Å². The number of carbonyl (C=O) groups excluding carboxylic acids is 2. The summed E-state index contributed by atoms with van der Waals surface area (Å²) < 4.78 is 23.5. The largest absolute Gasteiger partial charge is 0.465 e. The lowest BCUT2D eigenvalue weighted by Gasteiger charge is -2.14. The van der Waals surface area contributed by atoms with Crippen molar-refractivity contribution >= 4 is 27.9 Å². The van der Waals surface area contributed by atoms with Gasteiger partial charge in [-0.1, -0.05) is 6.07 Å². The smallest absolute Gasteiger partial charge is 0.320 e. The van der Waals surface area contributed by atoms with E-state index in [1.165, 1.54) is 12.1 Å². The van der Waals surface area contributed by atoms with Gasteiger partial charge in [0.15, 0.2) is 5.92 Å². The van der Waals surface area contributed by atoms with Gasteiger partial charge in [-0.25, -0.2) is 4.39 Å². The lowest BCUT2D eigenvalue weighted by molar-refractivity contribution is -0.161. The molecule has 1 aromatic carbocycles. The molecule has 110 valence electrons. The average Bonchev–Trinajstić information content (AvgIpc) is 2.40. The van der Waals surface area contributed by atoms with Gasteiger partial charge in [-0.3, -0.25) is 9.59 Å². The first-order valence-electron chi connectivity index (χ1n) is 6.26. The van der Waals surface area contributed by atoms with E-state index in [0.29, 0.717) is 10.0 Å². The molecule has 20 heavy (non-hydrogen) atoms. The Morgan fingerprint density at radius 2 is 1.75 bits per heavy atom. The average molecular weight is 347 g/mol. The van der Waals surface area contributed by atoms with Crippen LogP contribution in [0, 0.1) is 11.7 Å². The Bertz CT molecular complexity index is 472. The lowest BCUT2D eigenvalue weighted by Crippen LogP contribution is -2.30. The molecule has 4 nitrogen and oxygen atoms in total. The molecule has 0 bridgehead atoms. The van der Waals surface area contributed by atoms with Gasteiger partial charge in [-0.2, -0.15) is 0 Å². The molecule has 0 fully saturated rings. The van der Waals surface area contributed by atoms with Crippen LogP contribution in [0.1, 0.15) is 19.4 Å². The predicted molar refractivity (Wildman–Crippen MR) is 74.6 cm³/mol. The molecule has 0 saturated carbocycles. The zero-order chi connectivity index (χ0) is 15.1. The van der Waals surface area contributed by atoms with E-state index in [2.05, 4.69) is 15.9 Å². The van der Waals surface area contributed by atoms with Crippen molar-refractivity contribution in [3.05, 3.63) is 34.1 Å². The van der Waals surface area contributed by atoms with E-state index < -0.39 is 23.7 Å². The van der Waals surface area contributed by atoms with Crippen molar-refractivity contribution in [1.82, 2.24) is 0 Å². The first-order chi connectivity index (χ1) is 9.49. The van der Waals surface area contributed by atoms with E-state index in [0.717, 1.165) is 0 Å². The Morgan fingerprint density at radius 3 is 2.20 bits per heavy atom. The summed E-state index contributed by atoms with van der Waals surface area (Å²) in [6, 6.07) is 4.44. The van der Waals surface area contributed by atoms with Gasteiger partial charge in [-0.05, 0) is 53.9 Å². The minimum Gasteiger partial charge on any atom is -0.465 e. The van der Waals surface area contributed by atoms with Crippen LogP contribution in [-0.4, -0.2) is 25.2 Å². The molecular weight excluding hydrogens is 331 g/mol. The molecule has 0 aliphatic rings. The van der Waals surface area contributed by atoms with E-state index in [-0.39, 0.29) is 19.6 Å². The highest BCUT2D eigenvalue weighted by molar-refractivity contribution is 9.10. The Balaban J connectivity index is 2.90. The zero-order valence-corrected chi connectivity index (χ0v) is 12.9. The summed E-state index contributed by atoms with van der Waals surface area (Å²) in [5.41, 5.74) is 0.525. The Hall–Kier alpha value is -1.43. The normalized spacial score (nSPS) is 10.4. The highest BCUT2D eigenvalue weighted by Gasteiger charge is 2.29. The fraction of sp³-hybridized carbons (Fsp3) is 0.429. The van der Waals surface area contributed by atoms with E-state index >= 15 is 0 Å². The number of esters is 2. The lowest BCUT2D eigenvalue weighted by atomic mass is 9.99. The van der Waals surface area contributed by atoms with Crippen molar-refractivity contribution in [2.45, 2.75) is 20.3 Å². The second kappa shape index (κ2) is 7.99. The van der Waals surface area contributed by atoms with E-state index in [1.54, 1.807) is 19.9 Å². The molecule has 0 unspecified atom stereocenters. The van der Waals surface area contributed by atoms with Crippen LogP contribution < -0.4 is 0 Å². The quantitative estimate of drug-likeness (QED) is 0.587. The van der Waals surface area contributed by atoms with Gasteiger partial charge in [-0.15, -0.1) is 0 Å². The minimum absolute atomic E-state index is 0.0435. The van der Waals surface area contributed by atoms with Crippen LogP contribution in [0.15, 0.2) is 22.7 Å². The highest BCUT2D eigenvalue weighted by Crippen LogP contribution is 2.19. The maximum Gasteiger partial charge on any atom is 0.320 e. The first kappa shape index (κ1) is 16.6. The number of halogens is 2. The fourth-order valence-corrected chi connectivity index (χ4v) is 1.90. The number of carbonyl (C=O) groups is 2. The standard InChI is InChI=1S/C14H16BrFO4/c1-3-19-13(17)10(14(18)20-4-2)7-9-5-6-11(15)12(16)8-9/h5-6,8,10H,3-4,7H2,1-2H3. The Morgan fingerprint density at radius 1 is 1.20 bits per heavy atom. The second-order valence-corrected chi connectivity index (χ2v) is 4.86. The Kier molecular flexibility index (Phi) is 6.64. The van der Waals surface area contributed by atoms with E-state index in [1.807, 2.05) is 0 Å². The summed E-state index contributed by atoms with van der Waals surface area (Å²) in [7, 11) is 0. The van der Waals surface area contributed by atoms with E-state index in [9.17, 15) is 14.0 Å². The van der Waals surface area contributed by atoms with Gasteiger partial charge in [0.2, 0.25) is 0 Å². The molecule has 0 aromatic heterocycles. The third-order valence-electron chi connectivity index (χ3n) is 2.57. The highest BCUT2D eigenvalue weighted by atomic mass is 79.9. The molecule has 1 aromatic rings. The van der Waals surface area contributed by atoms with Crippen LogP contribution in [-0.2, 0) is 25.5 Å². The molecule has 0 saturated heterocycles. The zero-order valence-electron chi connectivity index (χ0n) is 11.3. The third kappa shape index (κ3) is 4.59. The van der Waals surface area contributed by atoms with Crippen LogP contribution in [0.25, 0.3) is 0 Å². The molecular formula is C14H16BrFO4. The molecule has 0 amide bonds. The number of hydrogen-bond donors (Lipinski definition) is 0. The summed E-state index contributed by atoms with van der Waals surface area (Å²) in [4.78, 5) is 23.6. The molecule has 0 atom stereocenters. The van der Waals surface area contributed by atoms with Crippen LogP contribution in [0.3, 0.4) is 0 Å². The van der Waals surface area contributed by atoms with Crippen LogP contribution >= 0.6 is 15.9 Å². The van der Waals surface area contributed by atoms with Gasteiger partial charge < -0.3 is 9.47 Å². The fourth-order valence-electron chi connectivity index (χ4n) is 1.65. The first-order valence-corrected chi connectivity index (χ1v) is 7.06. The van der Waals surface area contributed by atoms with E-state index in [4.69, 9.17) is 9.47 Å². The summed E-state index contributed by atoms with van der Waals surface area (Å²) >= 11 is 3.04. The maximum absolute atomic E-state index is 13.4. The summed E-state index contributed by atoms with van der Waals surface area (Å²) in [6.45, 7) is 3.64. The monoisotopic (exact) mass is 346 g/mol. The number of hydrogen-bond acceptors (Lipinski definition) is 4. The number of ether oxygens (including phenoxy) is 2. The van der Waals surface area contributed by atoms with Gasteiger partial charge in [0.25, 0.3) is 0 Å². The van der Waals surface area contributed by atoms with Crippen LogP contribution in [0.5, 0.6) is 0 Å². The molecule has 1 rings (SSSR count). The van der Waals surface area contributed by atoms with Gasteiger partial charge in [0.05, 0.1) is 17.7 Å². The van der Waals surface area contributed by atoms with Gasteiger partial charge in [0.1, 0.15) is 5.82 Å². The van der Waals surface area contributed by atoms with Crippen molar-refractivity contribution in [2.24, 2.45) is 5.92 Å². The third-order valence-corrected chi connectivity index (χ3v) is 3.21. The Labute approximate surface area is 125 Å².